The van der Waals surface area contributed by atoms with E-state index in [0.717, 1.165) is 42.0 Å². The molecule has 9 heteroatoms. The molecule has 1 aromatic carbocycles. The van der Waals surface area contributed by atoms with Gasteiger partial charge in [-0.05, 0) is 49.6 Å². The average Bonchev–Trinajstić information content (AvgIpc) is 3.49. The van der Waals surface area contributed by atoms with Crippen molar-refractivity contribution in [3.63, 3.8) is 0 Å². The monoisotopic (exact) mass is 457 g/mol. The molecule has 1 unspecified atom stereocenters. The predicted octanol–water partition coefficient (Wildman–Crippen LogP) is 5.40. The summed E-state index contributed by atoms with van der Waals surface area (Å²) >= 11 is 1.26. The SMILES string of the molecule is Cc1cc(-c2ncc(N3CCCC3c3ccc(F)cc3)nc2Nc2ncc(C#N)s2)ccn1. The molecule has 0 amide bonds. The van der Waals surface area contributed by atoms with Crippen LogP contribution in [0.5, 0.6) is 0 Å². The highest BCUT2D eigenvalue weighted by Gasteiger charge is 2.28. The number of hydrogen-bond donors (Lipinski definition) is 1. The lowest BCUT2D eigenvalue weighted by Crippen LogP contribution is -2.24. The molecule has 1 N–H and O–H groups in total. The molecule has 1 aliphatic rings. The van der Waals surface area contributed by atoms with Gasteiger partial charge in [-0.15, -0.1) is 0 Å². The van der Waals surface area contributed by atoms with Gasteiger partial charge in [0.15, 0.2) is 10.9 Å². The maximum Gasteiger partial charge on any atom is 0.189 e. The maximum absolute atomic E-state index is 13.4. The van der Waals surface area contributed by atoms with Crippen LogP contribution in [0.3, 0.4) is 0 Å². The largest absolute Gasteiger partial charge is 0.348 e. The molecular formula is C24H20FN7S. The van der Waals surface area contributed by atoms with Crippen molar-refractivity contribution in [2.75, 3.05) is 16.8 Å². The van der Waals surface area contributed by atoms with Gasteiger partial charge in [0.25, 0.3) is 0 Å². The second-order valence-electron chi connectivity index (χ2n) is 7.78. The summed E-state index contributed by atoms with van der Waals surface area (Å²) in [6.07, 6.45) is 7.02. The van der Waals surface area contributed by atoms with Gasteiger partial charge in [0.2, 0.25) is 0 Å². The van der Waals surface area contributed by atoms with Gasteiger partial charge >= 0.3 is 0 Å². The van der Waals surface area contributed by atoms with E-state index in [9.17, 15) is 4.39 Å². The number of aryl methyl sites for hydroxylation is 1. The number of nitrogens with zero attached hydrogens (tertiary/aromatic N) is 6. The number of anilines is 3. The number of aromatic nitrogens is 4. The number of benzene rings is 1. The fraction of sp³-hybridized carbons (Fsp3) is 0.208. The Labute approximate surface area is 194 Å². The zero-order chi connectivity index (χ0) is 22.8. The lowest BCUT2D eigenvalue weighted by molar-refractivity contribution is 0.624. The Morgan fingerprint density at radius 3 is 2.76 bits per heavy atom. The lowest BCUT2D eigenvalue weighted by atomic mass is 10.0. The van der Waals surface area contributed by atoms with Gasteiger partial charge < -0.3 is 10.2 Å². The van der Waals surface area contributed by atoms with Gasteiger partial charge in [0.05, 0.1) is 18.4 Å². The number of halogens is 1. The summed E-state index contributed by atoms with van der Waals surface area (Å²) in [5.74, 6) is 1.05. The molecule has 0 saturated carbocycles. The quantitative estimate of drug-likeness (QED) is 0.429. The van der Waals surface area contributed by atoms with Crippen LogP contribution < -0.4 is 10.2 Å². The number of nitrogens with one attached hydrogen (secondary N) is 1. The summed E-state index contributed by atoms with van der Waals surface area (Å²) in [6, 6.07) is 12.7. The van der Waals surface area contributed by atoms with E-state index >= 15 is 0 Å². The Morgan fingerprint density at radius 2 is 2.00 bits per heavy atom. The predicted molar refractivity (Wildman–Crippen MR) is 126 cm³/mol. The van der Waals surface area contributed by atoms with E-state index in [1.165, 1.54) is 29.7 Å². The highest BCUT2D eigenvalue weighted by molar-refractivity contribution is 7.16. The fourth-order valence-corrected chi connectivity index (χ4v) is 4.68. The Morgan fingerprint density at radius 1 is 1.15 bits per heavy atom. The van der Waals surface area contributed by atoms with E-state index in [1.807, 2.05) is 31.2 Å². The minimum Gasteiger partial charge on any atom is -0.348 e. The van der Waals surface area contributed by atoms with Crippen molar-refractivity contribution in [3.05, 3.63) is 76.9 Å². The average molecular weight is 458 g/mol. The molecule has 0 radical (unpaired) electrons. The number of hydrogen-bond acceptors (Lipinski definition) is 8. The molecule has 7 nitrogen and oxygen atoms in total. The van der Waals surface area contributed by atoms with Crippen LogP contribution in [-0.4, -0.2) is 26.5 Å². The minimum absolute atomic E-state index is 0.104. The van der Waals surface area contributed by atoms with Crippen molar-refractivity contribution >= 4 is 28.1 Å². The molecular weight excluding hydrogens is 437 g/mol. The van der Waals surface area contributed by atoms with E-state index in [2.05, 4.69) is 26.3 Å². The second-order valence-corrected chi connectivity index (χ2v) is 8.81. The van der Waals surface area contributed by atoms with Gasteiger partial charge in [-0.3, -0.25) is 4.98 Å². The van der Waals surface area contributed by atoms with Crippen LogP contribution in [0.15, 0.2) is 55.0 Å². The first-order valence-electron chi connectivity index (χ1n) is 10.6. The third-order valence-electron chi connectivity index (χ3n) is 5.57. The van der Waals surface area contributed by atoms with Crippen molar-refractivity contribution in [2.24, 2.45) is 0 Å². The van der Waals surface area contributed by atoms with Crippen molar-refractivity contribution in [1.29, 1.82) is 5.26 Å². The topological polar surface area (TPSA) is 90.6 Å². The smallest absolute Gasteiger partial charge is 0.189 e. The van der Waals surface area contributed by atoms with Crippen LogP contribution in [0.4, 0.5) is 21.2 Å². The van der Waals surface area contributed by atoms with E-state index in [4.69, 9.17) is 15.2 Å². The third-order valence-corrected chi connectivity index (χ3v) is 6.39. The van der Waals surface area contributed by atoms with Crippen molar-refractivity contribution in [1.82, 2.24) is 19.9 Å². The number of thiazole rings is 1. The molecule has 0 aliphatic carbocycles. The van der Waals surface area contributed by atoms with Gasteiger partial charge in [-0.25, -0.2) is 19.3 Å². The number of pyridine rings is 1. The second kappa shape index (κ2) is 8.92. The summed E-state index contributed by atoms with van der Waals surface area (Å²) in [7, 11) is 0. The lowest BCUT2D eigenvalue weighted by Gasteiger charge is -2.26. The van der Waals surface area contributed by atoms with Gasteiger partial charge in [-0.2, -0.15) is 5.26 Å². The molecule has 3 aromatic heterocycles. The molecule has 1 saturated heterocycles. The highest BCUT2D eigenvalue weighted by Crippen LogP contribution is 2.37. The Hall–Kier alpha value is -3.90. The van der Waals surface area contributed by atoms with Crippen LogP contribution in [0.25, 0.3) is 11.3 Å². The van der Waals surface area contributed by atoms with Crippen LogP contribution in [0.1, 0.15) is 35.0 Å². The van der Waals surface area contributed by atoms with Crippen molar-refractivity contribution in [3.8, 4) is 17.3 Å². The molecule has 0 bridgehead atoms. The molecule has 1 atom stereocenters. The maximum atomic E-state index is 13.4. The van der Waals surface area contributed by atoms with Crippen LogP contribution in [-0.2, 0) is 0 Å². The Balaban J connectivity index is 1.54. The van der Waals surface area contributed by atoms with Crippen molar-refractivity contribution in [2.45, 2.75) is 25.8 Å². The molecule has 0 spiro atoms. The first kappa shape index (κ1) is 21.0. The summed E-state index contributed by atoms with van der Waals surface area (Å²) in [4.78, 5) is 21.0. The molecule has 1 fully saturated rings. The van der Waals surface area contributed by atoms with Crippen LogP contribution in [0, 0.1) is 24.1 Å². The standard InChI is InChI=1S/C24H20FN7S/c1-15-11-17(8-9-27-15)22-23(31-24-29-13-19(12-26)33-24)30-21(14-28-22)32-10-2-3-20(32)16-4-6-18(25)7-5-16/h4-9,11,13-14,20H,2-3,10H2,1H3,(H,29,30,31). The van der Waals surface area contributed by atoms with Crippen LogP contribution in [0.2, 0.25) is 0 Å². The van der Waals surface area contributed by atoms with Gasteiger partial charge in [0.1, 0.15) is 28.3 Å². The summed E-state index contributed by atoms with van der Waals surface area (Å²) in [5.41, 5.74) is 3.49. The summed E-state index contributed by atoms with van der Waals surface area (Å²) in [6.45, 7) is 2.76. The fourth-order valence-electron chi connectivity index (χ4n) is 4.07. The third kappa shape index (κ3) is 4.38. The van der Waals surface area contributed by atoms with Gasteiger partial charge in [-0.1, -0.05) is 23.5 Å². The molecule has 4 heterocycles. The van der Waals surface area contributed by atoms with E-state index in [0.29, 0.717) is 21.5 Å². The minimum atomic E-state index is -0.244. The Bertz CT molecular complexity index is 1330. The number of rotatable bonds is 5. The Kier molecular flexibility index (Phi) is 5.67. The molecule has 5 rings (SSSR count). The first-order chi connectivity index (χ1) is 16.1. The summed E-state index contributed by atoms with van der Waals surface area (Å²) < 4.78 is 13.4. The summed E-state index contributed by atoms with van der Waals surface area (Å²) in [5, 5.41) is 13.0. The molecule has 4 aromatic rings. The van der Waals surface area contributed by atoms with E-state index in [1.54, 1.807) is 12.4 Å². The molecule has 33 heavy (non-hydrogen) atoms. The molecule has 164 valence electrons. The van der Waals surface area contributed by atoms with E-state index in [-0.39, 0.29) is 11.9 Å². The molecule has 1 aliphatic heterocycles. The zero-order valence-corrected chi connectivity index (χ0v) is 18.7. The number of nitriles is 1. The van der Waals surface area contributed by atoms with E-state index < -0.39 is 0 Å². The van der Waals surface area contributed by atoms with Crippen LogP contribution >= 0.6 is 11.3 Å². The first-order valence-corrected chi connectivity index (χ1v) is 11.4. The normalized spacial score (nSPS) is 15.4. The zero-order valence-electron chi connectivity index (χ0n) is 17.9. The highest BCUT2D eigenvalue weighted by atomic mass is 32.1. The van der Waals surface area contributed by atoms with Crippen molar-refractivity contribution < 1.29 is 4.39 Å². The van der Waals surface area contributed by atoms with Gasteiger partial charge in [0, 0.05) is 24.0 Å².